The van der Waals surface area contributed by atoms with Crippen molar-refractivity contribution in [3.05, 3.63) is 0 Å². The summed E-state index contributed by atoms with van der Waals surface area (Å²) >= 11 is 0. The lowest BCUT2D eigenvalue weighted by Crippen LogP contribution is -2.39. The van der Waals surface area contributed by atoms with Crippen molar-refractivity contribution in [3.63, 3.8) is 0 Å². The van der Waals surface area contributed by atoms with Crippen molar-refractivity contribution in [2.75, 3.05) is 31.9 Å². The van der Waals surface area contributed by atoms with E-state index in [0.717, 1.165) is 38.8 Å². The van der Waals surface area contributed by atoms with Crippen LogP contribution in [0.25, 0.3) is 0 Å². The molecular formula is C14H29IN4O2S. The minimum atomic E-state index is -3.22. The Morgan fingerprint density at radius 3 is 2.32 bits per heavy atom. The lowest BCUT2D eigenvalue weighted by atomic mass is 9.86. The van der Waals surface area contributed by atoms with Crippen LogP contribution >= 0.6 is 24.0 Å². The van der Waals surface area contributed by atoms with Gasteiger partial charge in [-0.3, -0.25) is 4.99 Å². The largest absolute Gasteiger partial charge is 0.370 e. The van der Waals surface area contributed by atoms with Crippen molar-refractivity contribution in [2.45, 2.75) is 44.9 Å². The molecule has 1 aliphatic heterocycles. The minimum Gasteiger partial charge on any atom is -0.370 e. The van der Waals surface area contributed by atoms with Gasteiger partial charge in [0.1, 0.15) is 0 Å². The number of hydrogen-bond donors (Lipinski definition) is 2. The quantitative estimate of drug-likeness (QED) is 0.370. The fourth-order valence-corrected chi connectivity index (χ4v) is 3.66. The molecule has 1 saturated carbocycles. The van der Waals surface area contributed by atoms with Crippen molar-refractivity contribution in [1.82, 2.24) is 9.62 Å². The van der Waals surface area contributed by atoms with E-state index < -0.39 is 10.0 Å². The van der Waals surface area contributed by atoms with E-state index in [4.69, 9.17) is 5.73 Å². The maximum atomic E-state index is 11.9. The molecule has 130 valence electrons. The van der Waals surface area contributed by atoms with E-state index in [-0.39, 0.29) is 36.3 Å². The maximum absolute atomic E-state index is 11.9. The van der Waals surface area contributed by atoms with Crippen LogP contribution in [0.1, 0.15) is 44.9 Å². The molecule has 0 aromatic rings. The van der Waals surface area contributed by atoms with Gasteiger partial charge in [0, 0.05) is 19.6 Å². The van der Waals surface area contributed by atoms with Gasteiger partial charge in [-0.25, -0.2) is 13.1 Å². The molecule has 1 heterocycles. The molecule has 0 bridgehead atoms. The summed E-state index contributed by atoms with van der Waals surface area (Å²) in [4.78, 5) is 6.31. The Bertz CT molecular complexity index is 444. The fourth-order valence-electron chi connectivity index (χ4n) is 2.69. The molecule has 22 heavy (non-hydrogen) atoms. The van der Waals surface area contributed by atoms with Crippen molar-refractivity contribution >= 4 is 40.0 Å². The van der Waals surface area contributed by atoms with Crippen molar-refractivity contribution in [1.29, 1.82) is 0 Å². The van der Waals surface area contributed by atoms with Gasteiger partial charge in [0.05, 0.1) is 12.3 Å². The third-order valence-electron chi connectivity index (χ3n) is 4.38. The van der Waals surface area contributed by atoms with Crippen molar-refractivity contribution < 1.29 is 8.42 Å². The molecule has 0 aromatic heterocycles. The predicted octanol–water partition coefficient (Wildman–Crippen LogP) is 1.51. The number of nitrogens with one attached hydrogen (secondary N) is 1. The smallest absolute Gasteiger partial charge is 0.213 e. The first kappa shape index (κ1) is 20.0. The Morgan fingerprint density at radius 1 is 1.14 bits per heavy atom. The van der Waals surface area contributed by atoms with Crippen LogP contribution in [-0.4, -0.2) is 51.2 Å². The van der Waals surface area contributed by atoms with Gasteiger partial charge in [-0.1, -0.05) is 19.3 Å². The summed E-state index contributed by atoms with van der Waals surface area (Å²) in [6.45, 7) is 2.68. The predicted molar refractivity (Wildman–Crippen MR) is 101 cm³/mol. The molecule has 0 aromatic carbocycles. The van der Waals surface area contributed by atoms with E-state index >= 15 is 0 Å². The monoisotopic (exact) mass is 444 g/mol. The van der Waals surface area contributed by atoms with Gasteiger partial charge >= 0.3 is 0 Å². The van der Waals surface area contributed by atoms with Gasteiger partial charge in [-0.2, -0.15) is 0 Å². The highest BCUT2D eigenvalue weighted by Gasteiger charge is 2.20. The second-order valence-electron chi connectivity index (χ2n) is 6.11. The number of aliphatic imine (C=N–C) groups is 1. The molecule has 0 atom stereocenters. The topological polar surface area (TPSA) is 87.8 Å². The summed E-state index contributed by atoms with van der Waals surface area (Å²) in [6.07, 6.45) is 8.26. The summed E-state index contributed by atoms with van der Waals surface area (Å²) < 4.78 is 26.4. The van der Waals surface area contributed by atoms with Crippen LogP contribution in [0.3, 0.4) is 0 Å². The highest BCUT2D eigenvalue weighted by molar-refractivity contribution is 14.0. The third kappa shape index (κ3) is 6.99. The van der Waals surface area contributed by atoms with Crippen LogP contribution in [0.15, 0.2) is 4.99 Å². The van der Waals surface area contributed by atoms with Crippen LogP contribution in [0, 0.1) is 5.92 Å². The number of hydrogen-bond acceptors (Lipinski definition) is 3. The lowest BCUT2D eigenvalue weighted by Gasteiger charge is -2.25. The number of sulfonamides is 1. The van der Waals surface area contributed by atoms with Gasteiger partial charge in [0.15, 0.2) is 5.96 Å². The summed E-state index contributed by atoms with van der Waals surface area (Å²) in [5.41, 5.74) is 5.96. The number of halogens is 1. The van der Waals surface area contributed by atoms with Crippen LogP contribution < -0.4 is 10.5 Å². The fraction of sp³-hybridized carbons (Fsp3) is 0.929. The van der Waals surface area contributed by atoms with Crippen LogP contribution in [-0.2, 0) is 10.0 Å². The van der Waals surface area contributed by atoms with E-state index in [1.807, 2.05) is 0 Å². The summed E-state index contributed by atoms with van der Waals surface area (Å²) in [7, 11) is -3.22. The minimum absolute atomic E-state index is 0. The van der Waals surface area contributed by atoms with Crippen LogP contribution in [0.5, 0.6) is 0 Å². The first-order chi connectivity index (χ1) is 10.1. The number of nitrogens with two attached hydrogens (primary N) is 1. The highest BCUT2D eigenvalue weighted by Crippen LogP contribution is 2.25. The van der Waals surface area contributed by atoms with E-state index in [1.54, 1.807) is 0 Å². The first-order valence-corrected chi connectivity index (χ1v) is 9.74. The van der Waals surface area contributed by atoms with E-state index in [9.17, 15) is 8.42 Å². The van der Waals surface area contributed by atoms with Crippen molar-refractivity contribution in [3.8, 4) is 0 Å². The zero-order chi connectivity index (χ0) is 15.1. The molecule has 6 nitrogen and oxygen atoms in total. The molecule has 2 aliphatic rings. The third-order valence-corrected chi connectivity index (χ3v) is 5.71. The summed E-state index contributed by atoms with van der Waals surface area (Å²) in [6, 6.07) is 0. The molecule has 0 amide bonds. The number of likely N-dealkylation sites (tertiary alicyclic amines) is 1. The molecule has 1 saturated heterocycles. The Balaban J connectivity index is 0.00000242. The van der Waals surface area contributed by atoms with Crippen LogP contribution in [0.4, 0.5) is 0 Å². The van der Waals surface area contributed by atoms with Gasteiger partial charge in [0.2, 0.25) is 10.0 Å². The number of nitrogens with zero attached hydrogens (tertiary/aromatic N) is 2. The summed E-state index contributed by atoms with van der Waals surface area (Å²) in [5.74, 6) is 1.05. The van der Waals surface area contributed by atoms with Gasteiger partial charge in [0.25, 0.3) is 0 Å². The molecule has 3 N–H and O–H groups in total. The van der Waals surface area contributed by atoms with Gasteiger partial charge < -0.3 is 10.6 Å². The van der Waals surface area contributed by atoms with E-state index in [0.29, 0.717) is 18.4 Å². The Labute approximate surface area is 151 Å². The molecule has 8 heteroatoms. The average molecular weight is 444 g/mol. The molecule has 2 fully saturated rings. The Morgan fingerprint density at radius 2 is 1.77 bits per heavy atom. The molecular weight excluding hydrogens is 415 g/mol. The lowest BCUT2D eigenvalue weighted by molar-refractivity contribution is 0.316. The zero-order valence-corrected chi connectivity index (χ0v) is 16.3. The number of guanidine groups is 1. The Hall–Kier alpha value is -0.0900. The molecule has 0 unspecified atom stereocenters. The molecule has 0 spiro atoms. The second-order valence-corrected chi connectivity index (χ2v) is 8.03. The maximum Gasteiger partial charge on any atom is 0.213 e. The second kappa shape index (κ2) is 9.92. The SMILES string of the molecule is I.NC(=NCCS(=O)(=O)NCC1CCC1)N1CCCCCC1. The van der Waals surface area contributed by atoms with Gasteiger partial charge in [-0.15, -0.1) is 24.0 Å². The van der Waals surface area contributed by atoms with E-state index in [1.165, 1.54) is 19.3 Å². The van der Waals surface area contributed by atoms with Gasteiger partial charge in [-0.05, 0) is 31.6 Å². The molecule has 2 rings (SSSR count). The van der Waals surface area contributed by atoms with Crippen molar-refractivity contribution in [2.24, 2.45) is 16.6 Å². The normalized spacial score (nSPS) is 20.9. The first-order valence-electron chi connectivity index (χ1n) is 8.09. The standard InChI is InChI=1S/C14H28N4O2S.HI/c15-14(18-9-3-1-2-4-10-18)16-8-11-21(19,20)17-12-13-6-5-7-13;/h13,17H,1-12H2,(H2,15,16);1H. The molecule has 0 radical (unpaired) electrons. The zero-order valence-electron chi connectivity index (χ0n) is 13.2. The summed E-state index contributed by atoms with van der Waals surface area (Å²) in [5, 5.41) is 0. The average Bonchev–Trinajstić information content (AvgIpc) is 2.65. The number of rotatable bonds is 6. The highest BCUT2D eigenvalue weighted by atomic mass is 127. The van der Waals surface area contributed by atoms with E-state index in [2.05, 4.69) is 14.6 Å². The van der Waals surface area contributed by atoms with Crippen LogP contribution in [0.2, 0.25) is 0 Å². The molecule has 1 aliphatic carbocycles. The Kier molecular flexibility index (Phi) is 9.00.